The Balaban J connectivity index is 3.46. The minimum atomic E-state index is 0.795. The van der Waals surface area contributed by atoms with E-state index in [0.29, 0.717) is 0 Å². The predicted molar refractivity (Wildman–Crippen MR) is 76.5 cm³/mol. The van der Waals surface area contributed by atoms with Crippen LogP contribution in [-0.4, -0.2) is 38.3 Å². The van der Waals surface area contributed by atoms with Crippen LogP contribution < -0.4 is 0 Å². The molecule has 0 aromatic heterocycles. The molecule has 0 saturated heterocycles. The first-order valence-corrected chi connectivity index (χ1v) is 7.50. The first-order valence-electron chi connectivity index (χ1n) is 7.50. The van der Waals surface area contributed by atoms with Crippen LogP contribution in [0.4, 0.5) is 0 Å². The molecule has 0 saturated carbocycles. The van der Waals surface area contributed by atoms with Gasteiger partial charge in [-0.2, -0.15) is 0 Å². The normalized spacial score (nSPS) is 13.2. The van der Waals surface area contributed by atoms with Crippen LogP contribution in [0, 0.1) is 5.92 Å². The Hall–Kier alpha value is -0.0800. The van der Waals surface area contributed by atoms with E-state index in [0.717, 1.165) is 38.6 Å². The van der Waals surface area contributed by atoms with Gasteiger partial charge in [-0.1, -0.05) is 40.0 Å². The predicted octanol–water partition coefficient (Wildman–Crippen LogP) is 3.95. The Kier molecular flexibility index (Phi) is 12.3. The molecule has 0 aromatic carbocycles. The molecule has 1 unspecified atom stereocenters. The minimum Gasteiger partial charge on any atom is -0.381 e. The van der Waals surface area contributed by atoms with E-state index in [1.165, 1.54) is 32.1 Å². The summed E-state index contributed by atoms with van der Waals surface area (Å²) in [5.41, 5.74) is 0. The van der Waals surface area contributed by atoms with Crippen molar-refractivity contribution in [1.29, 1.82) is 0 Å². The lowest BCUT2D eigenvalue weighted by molar-refractivity contribution is 0.0855. The number of unbranched alkanes of at least 4 members (excludes halogenated alkanes) is 1. The van der Waals surface area contributed by atoms with Crippen molar-refractivity contribution in [2.24, 2.45) is 5.92 Å². The Morgan fingerprint density at radius 3 is 2.35 bits per heavy atom. The highest BCUT2D eigenvalue weighted by Crippen LogP contribution is 2.15. The van der Waals surface area contributed by atoms with Gasteiger partial charge in [0.2, 0.25) is 0 Å². The van der Waals surface area contributed by atoms with Gasteiger partial charge < -0.3 is 9.64 Å². The van der Waals surface area contributed by atoms with Crippen LogP contribution in [0.25, 0.3) is 0 Å². The van der Waals surface area contributed by atoms with Gasteiger partial charge in [0.05, 0.1) is 0 Å². The molecule has 104 valence electrons. The topological polar surface area (TPSA) is 12.5 Å². The van der Waals surface area contributed by atoms with E-state index in [1.54, 1.807) is 0 Å². The van der Waals surface area contributed by atoms with Crippen molar-refractivity contribution in [3.8, 4) is 0 Å². The number of nitrogens with zero attached hydrogens (tertiary/aromatic N) is 1. The van der Waals surface area contributed by atoms with Crippen LogP contribution in [-0.2, 0) is 4.74 Å². The summed E-state index contributed by atoms with van der Waals surface area (Å²) >= 11 is 0. The lowest BCUT2D eigenvalue weighted by Gasteiger charge is -2.17. The van der Waals surface area contributed by atoms with Crippen LogP contribution in [0.5, 0.6) is 0 Å². The minimum absolute atomic E-state index is 0.795. The molecule has 0 radical (unpaired) electrons. The number of rotatable bonds is 12. The van der Waals surface area contributed by atoms with Crippen LogP contribution in [0.1, 0.15) is 59.3 Å². The van der Waals surface area contributed by atoms with Crippen LogP contribution in [0.15, 0.2) is 0 Å². The Labute approximate surface area is 109 Å². The van der Waals surface area contributed by atoms with Crippen molar-refractivity contribution in [1.82, 2.24) is 4.90 Å². The summed E-state index contributed by atoms with van der Waals surface area (Å²) in [5, 5.41) is 0. The molecule has 0 spiro atoms. The van der Waals surface area contributed by atoms with E-state index >= 15 is 0 Å². The maximum Gasteiger partial charge on any atom is 0.0494 e. The zero-order valence-electron chi connectivity index (χ0n) is 12.5. The summed E-state index contributed by atoms with van der Waals surface area (Å²) < 4.78 is 5.81. The van der Waals surface area contributed by atoms with Gasteiger partial charge in [0.25, 0.3) is 0 Å². The zero-order valence-corrected chi connectivity index (χ0v) is 12.5. The molecule has 0 aliphatic heterocycles. The molecule has 0 amide bonds. The highest BCUT2D eigenvalue weighted by atomic mass is 16.5. The lowest BCUT2D eigenvalue weighted by atomic mass is 9.98. The van der Waals surface area contributed by atoms with Crippen LogP contribution in [0.2, 0.25) is 0 Å². The highest BCUT2D eigenvalue weighted by molar-refractivity contribution is 4.58. The summed E-state index contributed by atoms with van der Waals surface area (Å²) in [6.07, 6.45) is 7.79. The quantitative estimate of drug-likeness (QED) is 0.481. The van der Waals surface area contributed by atoms with Crippen molar-refractivity contribution in [3.05, 3.63) is 0 Å². The number of hydrogen-bond donors (Lipinski definition) is 0. The van der Waals surface area contributed by atoms with Crippen LogP contribution >= 0.6 is 0 Å². The Morgan fingerprint density at radius 2 is 1.76 bits per heavy atom. The van der Waals surface area contributed by atoms with Crippen molar-refractivity contribution in [3.63, 3.8) is 0 Å². The second-order valence-electron chi connectivity index (χ2n) is 5.12. The first kappa shape index (κ1) is 16.9. The molecule has 0 aliphatic carbocycles. The Morgan fingerprint density at radius 1 is 1.00 bits per heavy atom. The average molecular weight is 243 g/mol. The number of ether oxygens (including phenoxy) is 1. The van der Waals surface area contributed by atoms with Gasteiger partial charge in [0.1, 0.15) is 0 Å². The summed E-state index contributed by atoms with van der Waals surface area (Å²) in [6, 6.07) is 0. The monoisotopic (exact) mass is 243 g/mol. The fourth-order valence-electron chi connectivity index (χ4n) is 2.06. The standard InChI is InChI=1S/C15H33NO/c1-5-8-11-15(10-6-2)14-17-13-9-12-16(4)7-3/h15H,5-14H2,1-4H3. The number of hydrogen-bond acceptors (Lipinski definition) is 2. The van der Waals surface area contributed by atoms with Crippen molar-refractivity contribution in [2.75, 3.05) is 33.4 Å². The molecule has 2 heteroatoms. The van der Waals surface area contributed by atoms with E-state index in [9.17, 15) is 0 Å². The summed E-state index contributed by atoms with van der Waals surface area (Å²) in [6.45, 7) is 10.9. The third kappa shape index (κ3) is 10.8. The molecular formula is C15H33NO. The van der Waals surface area contributed by atoms with Gasteiger partial charge in [0.15, 0.2) is 0 Å². The molecular weight excluding hydrogens is 210 g/mol. The second kappa shape index (κ2) is 12.4. The Bertz CT molecular complexity index is 150. The fraction of sp³-hybridized carbons (Fsp3) is 1.00. The largest absolute Gasteiger partial charge is 0.381 e. The molecule has 0 bridgehead atoms. The lowest BCUT2D eigenvalue weighted by Crippen LogP contribution is -2.20. The molecule has 1 atom stereocenters. The third-order valence-electron chi connectivity index (χ3n) is 3.38. The van der Waals surface area contributed by atoms with E-state index in [2.05, 4.69) is 32.7 Å². The smallest absolute Gasteiger partial charge is 0.0494 e. The molecule has 0 heterocycles. The maximum absolute atomic E-state index is 5.81. The van der Waals surface area contributed by atoms with Gasteiger partial charge >= 0.3 is 0 Å². The van der Waals surface area contributed by atoms with E-state index in [4.69, 9.17) is 4.74 Å². The zero-order chi connectivity index (χ0) is 12.9. The van der Waals surface area contributed by atoms with E-state index in [-0.39, 0.29) is 0 Å². The molecule has 0 aromatic rings. The molecule has 0 rings (SSSR count). The summed E-state index contributed by atoms with van der Waals surface area (Å²) in [7, 11) is 2.17. The second-order valence-corrected chi connectivity index (χ2v) is 5.12. The van der Waals surface area contributed by atoms with Gasteiger partial charge in [0, 0.05) is 19.8 Å². The van der Waals surface area contributed by atoms with Crippen molar-refractivity contribution < 1.29 is 4.74 Å². The first-order chi connectivity index (χ1) is 8.24. The van der Waals surface area contributed by atoms with Crippen molar-refractivity contribution >= 4 is 0 Å². The third-order valence-corrected chi connectivity index (χ3v) is 3.38. The molecule has 0 N–H and O–H groups in total. The van der Waals surface area contributed by atoms with Crippen LogP contribution in [0.3, 0.4) is 0 Å². The highest BCUT2D eigenvalue weighted by Gasteiger charge is 2.07. The summed E-state index contributed by atoms with van der Waals surface area (Å²) in [5.74, 6) is 0.795. The van der Waals surface area contributed by atoms with Gasteiger partial charge in [-0.05, 0) is 38.8 Å². The average Bonchev–Trinajstić information content (AvgIpc) is 2.34. The molecule has 0 fully saturated rings. The van der Waals surface area contributed by atoms with Gasteiger partial charge in [-0.25, -0.2) is 0 Å². The van der Waals surface area contributed by atoms with E-state index < -0.39 is 0 Å². The van der Waals surface area contributed by atoms with Gasteiger partial charge in [-0.15, -0.1) is 0 Å². The van der Waals surface area contributed by atoms with Gasteiger partial charge in [-0.3, -0.25) is 0 Å². The maximum atomic E-state index is 5.81. The SMILES string of the molecule is CCCCC(CCC)COCCCN(C)CC. The summed E-state index contributed by atoms with van der Waals surface area (Å²) in [4.78, 5) is 2.34. The van der Waals surface area contributed by atoms with Crippen molar-refractivity contribution in [2.45, 2.75) is 59.3 Å². The fourth-order valence-corrected chi connectivity index (χ4v) is 2.06. The molecule has 17 heavy (non-hydrogen) atoms. The molecule has 0 aliphatic rings. The van der Waals surface area contributed by atoms with E-state index in [1.807, 2.05) is 0 Å². The molecule has 2 nitrogen and oxygen atoms in total.